The molecule has 0 amide bonds. The van der Waals surface area contributed by atoms with Gasteiger partial charge in [-0.15, -0.1) is 0 Å². The molecule has 5 nitrogen and oxygen atoms in total. The molecule has 3 rings (SSSR count). The quantitative estimate of drug-likeness (QED) is 0.233. The van der Waals surface area contributed by atoms with E-state index in [-0.39, 0.29) is 29.7 Å². The average molecular weight is 565 g/mol. The Morgan fingerprint density at radius 2 is 1.57 bits per heavy atom. The Morgan fingerprint density at radius 1 is 1.00 bits per heavy atom. The molecule has 0 aromatic heterocycles. The molecular weight excluding hydrogens is 541 g/mol. The van der Waals surface area contributed by atoms with Crippen molar-refractivity contribution in [2.24, 2.45) is 0 Å². The lowest BCUT2D eigenvalue weighted by Gasteiger charge is -2.39. The Balaban J connectivity index is 2.05. The van der Waals surface area contributed by atoms with Gasteiger partial charge in [0.25, 0.3) is 5.66 Å². The van der Waals surface area contributed by atoms with E-state index >= 15 is 0 Å². The van der Waals surface area contributed by atoms with Crippen LogP contribution < -0.4 is 9.79 Å². The molecular formula is C26H24BrF2O5P-2. The fraction of sp³-hybridized carbons (Fsp3) is 0.269. The van der Waals surface area contributed by atoms with Gasteiger partial charge in [0.2, 0.25) is 0 Å². The van der Waals surface area contributed by atoms with Crippen LogP contribution in [0.25, 0.3) is 0 Å². The van der Waals surface area contributed by atoms with Crippen molar-refractivity contribution in [3.05, 3.63) is 105 Å². The zero-order valence-corrected chi connectivity index (χ0v) is 21.7. The molecule has 0 aliphatic carbocycles. The number of ether oxygens (including phenoxy) is 1. The number of benzene rings is 3. The summed E-state index contributed by atoms with van der Waals surface area (Å²) in [6.45, 7) is 3.37. The molecule has 0 bridgehead atoms. The summed E-state index contributed by atoms with van der Waals surface area (Å²) in [5.74, 6) is -0.256. The van der Waals surface area contributed by atoms with E-state index in [1.165, 1.54) is 0 Å². The highest BCUT2D eigenvalue weighted by Crippen LogP contribution is 2.55. The van der Waals surface area contributed by atoms with Gasteiger partial charge in [-0.2, -0.15) is 8.78 Å². The van der Waals surface area contributed by atoms with Crippen molar-refractivity contribution in [3.8, 4) is 0 Å². The summed E-state index contributed by atoms with van der Waals surface area (Å²) in [6.07, 6.45) is -0.399. The van der Waals surface area contributed by atoms with Crippen LogP contribution in [0.1, 0.15) is 58.1 Å². The van der Waals surface area contributed by atoms with Gasteiger partial charge in [0.1, 0.15) is 6.10 Å². The number of alkyl halides is 2. The molecule has 0 N–H and O–H groups in total. The Labute approximate surface area is 211 Å². The second kappa shape index (κ2) is 11.2. The van der Waals surface area contributed by atoms with Gasteiger partial charge in [0.15, 0.2) is 5.78 Å². The molecule has 35 heavy (non-hydrogen) atoms. The van der Waals surface area contributed by atoms with Gasteiger partial charge >= 0.3 is 0 Å². The molecule has 3 aromatic rings. The van der Waals surface area contributed by atoms with Crippen LogP contribution in [-0.2, 0) is 34.4 Å². The summed E-state index contributed by atoms with van der Waals surface area (Å²) in [4.78, 5) is 35.9. The fourth-order valence-electron chi connectivity index (χ4n) is 3.92. The lowest BCUT2D eigenvalue weighted by atomic mass is 9.94. The summed E-state index contributed by atoms with van der Waals surface area (Å²) in [5, 5.41) is 0. The minimum absolute atomic E-state index is 0.0820. The lowest BCUT2D eigenvalue weighted by Crippen LogP contribution is -2.30. The molecule has 186 valence electrons. The average Bonchev–Trinajstić information content (AvgIpc) is 2.84. The van der Waals surface area contributed by atoms with E-state index in [1.54, 1.807) is 68.4 Å². The van der Waals surface area contributed by atoms with Crippen LogP contribution in [0.5, 0.6) is 0 Å². The fourth-order valence-corrected chi connectivity index (χ4v) is 5.42. The number of halogens is 3. The maximum Gasteiger partial charge on any atom is 0.297 e. The van der Waals surface area contributed by atoms with E-state index in [1.807, 2.05) is 6.07 Å². The third-order valence-electron chi connectivity index (χ3n) is 5.77. The van der Waals surface area contributed by atoms with Crippen LogP contribution in [0.2, 0.25) is 0 Å². The molecule has 0 aliphatic rings. The largest absolute Gasteiger partial charge is 0.806 e. The molecule has 0 heterocycles. The van der Waals surface area contributed by atoms with E-state index in [9.17, 15) is 27.9 Å². The second-order valence-electron chi connectivity index (χ2n) is 7.93. The standard InChI is InChI=1S/C26H26BrF2O5P/c1-3-17-15-22(26(28,29)35(31,32)33)23(27)20(4-2)21(17)16-34-25(19-13-9-6-10-14-19)24(30)18-11-7-5-8-12-18/h5-15,25H,3-4,16H2,1-2H3,(H2,31,32,33)/p-2. The SMILES string of the molecule is CCc1cc(C(F)(F)P(=O)([O-])[O-])c(Br)c(CC)c1COC(C(=O)c1ccccc1)c1ccccc1. The Hall–Kier alpha value is -2.22. The highest BCUT2D eigenvalue weighted by atomic mass is 79.9. The molecule has 1 atom stereocenters. The normalized spacial score (nSPS) is 13.0. The minimum atomic E-state index is -6.25. The van der Waals surface area contributed by atoms with Crippen LogP contribution >= 0.6 is 23.5 Å². The first-order valence-electron chi connectivity index (χ1n) is 11.0. The van der Waals surface area contributed by atoms with Gasteiger partial charge in [-0.05, 0) is 57.1 Å². The highest BCUT2D eigenvalue weighted by Gasteiger charge is 2.39. The van der Waals surface area contributed by atoms with E-state index in [0.717, 1.165) is 6.07 Å². The maximum atomic E-state index is 14.5. The maximum absolute atomic E-state index is 14.5. The Morgan fingerprint density at radius 3 is 2.09 bits per heavy atom. The lowest BCUT2D eigenvalue weighted by molar-refractivity contribution is -0.335. The molecule has 0 fully saturated rings. The highest BCUT2D eigenvalue weighted by molar-refractivity contribution is 9.10. The number of carbonyl (C=O) groups excluding carboxylic acids is 1. The zero-order chi connectivity index (χ0) is 25.8. The van der Waals surface area contributed by atoms with E-state index in [2.05, 4.69) is 15.9 Å². The van der Waals surface area contributed by atoms with Crippen LogP contribution in [0, 0.1) is 0 Å². The van der Waals surface area contributed by atoms with Crippen molar-refractivity contribution in [1.29, 1.82) is 0 Å². The molecule has 0 radical (unpaired) electrons. The predicted molar refractivity (Wildman–Crippen MR) is 129 cm³/mol. The molecule has 0 saturated carbocycles. The molecule has 0 spiro atoms. The first-order chi connectivity index (χ1) is 16.5. The van der Waals surface area contributed by atoms with Crippen LogP contribution in [-0.4, -0.2) is 5.78 Å². The number of hydrogen-bond donors (Lipinski definition) is 0. The number of aryl methyl sites for hydroxylation is 1. The number of carbonyl (C=O) groups is 1. The van der Waals surface area contributed by atoms with Crippen molar-refractivity contribution < 1.29 is 32.7 Å². The second-order valence-corrected chi connectivity index (χ2v) is 10.3. The first kappa shape index (κ1) is 27.4. The Kier molecular flexibility index (Phi) is 8.78. The van der Waals surface area contributed by atoms with Crippen LogP contribution in [0.3, 0.4) is 0 Å². The predicted octanol–water partition coefficient (Wildman–Crippen LogP) is 5.68. The minimum Gasteiger partial charge on any atom is -0.806 e. The van der Waals surface area contributed by atoms with E-state index < -0.39 is 24.9 Å². The molecule has 9 heteroatoms. The van der Waals surface area contributed by atoms with Crippen LogP contribution in [0.15, 0.2) is 71.2 Å². The molecule has 3 aromatic carbocycles. The third-order valence-corrected chi connectivity index (χ3v) is 7.60. The molecule has 0 aliphatic heterocycles. The van der Waals surface area contributed by atoms with Gasteiger partial charge in [-0.3, -0.25) is 4.79 Å². The van der Waals surface area contributed by atoms with Crippen molar-refractivity contribution in [2.75, 3.05) is 0 Å². The number of Topliss-reactive ketones (excluding diaryl/α,β-unsaturated/α-hetero) is 1. The van der Waals surface area contributed by atoms with E-state index in [0.29, 0.717) is 27.8 Å². The van der Waals surface area contributed by atoms with Crippen molar-refractivity contribution in [2.45, 2.75) is 45.1 Å². The smallest absolute Gasteiger partial charge is 0.297 e. The van der Waals surface area contributed by atoms with Gasteiger partial charge in [-0.25, -0.2) is 0 Å². The van der Waals surface area contributed by atoms with Crippen molar-refractivity contribution in [1.82, 2.24) is 0 Å². The summed E-state index contributed by atoms with van der Waals surface area (Å²) in [7, 11) is -6.25. The number of hydrogen-bond acceptors (Lipinski definition) is 5. The van der Waals surface area contributed by atoms with Crippen molar-refractivity contribution >= 4 is 29.3 Å². The first-order valence-corrected chi connectivity index (χ1v) is 13.4. The summed E-state index contributed by atoms with van der Waals surface area (Å²) in [5.41, 5.74) is -2.99. The molecule has 1 unspecified atom stereocenters. The Bertz CT molecular complexity index is 1230. The number of rotatable bonds is 10. The van der Waals surface area contributed by atoms with E-state index in [4.69, 9.17) is 4.74 Å². The third kappa shape index (κ3) is 5.79. The van der Waals surface area contributed by atoms with Crippen molar-refractivity contribution in [3.63, 3.8) is 0 Å². The van der Waals surface area contributed by atoms with Gasteiger partial charge in [0.05, 0.1) is 6.61 Å². The van der Waals surface area contributed by atoms with Gasteiger partial charge in [-0.1, -0.05) is 74.5 Å². The summed E-state index contributed by atoms with van der Waals surface area (Å²) in [6, 6.07) is 18.6. The van der Waals surface area contributed by atoms with Gasteiger partial charge in [0, 0.05) is 23.2 Å². The number of ketones is 1. The van der Waals surface area contributed by atoms with Crippen LogP contribution in [0.4, 0.5) is 8.78 Å². The summed E-state index contributed by atoms with van der Waals surface area (Å²) >= 11 is 3.10. The molecule has 0 saturated heterocycles. The summed E-state index contributed by atoms with van der Waals surface area (Å²) < 4.78 is 46.3. The van der Waals surface area contributed by atoms with Gasteiger partial charge < -0.3 is 19.1 Å². The zero-order valence-electron chi connectivity index (χ0n) is 19.2. The topological polar surface area (TPSA) is 89.5 Å². The monoisotopic (exact) mass is 564 g/mol.